The van der Waals surface area contributed by atoms with Gasteiger partial charge in [0.15, 0.2) is 5.96 Å². The molecular formula is C13H23N5O2. The van der Waals surface area contributed by atoms with Crippen molar-refractivity contribution in [2.45, 2.75) is 0 Å². The number of hydrogen-bond acceptors (Lipinski definition) is 5. The van der Waals surface area contributed by atoms with Crippen molar-refractivity contribution in [1.29, 1.82) is 5.41 Å². The molecule has 0 radical (unpaired) electrons. The van der Waals surface area contributed by atoms with E-state index in [0.717, 1.165) is 6.54 Å². The fourth-order valence-electron chi connectivity index (χ4n) is 1.50. The minimum absolute atomic E-state index is 0.156. The van der Waals surface area contributed by atoms with E-state index in [1.165, 1.54) is 0 Å². The summed E-state index contributed by atoms with van der Waals surface area (Å²) in [5, 5.41) is 13.1. The second kappa shape index (κ2) is 7.44. The summed E-state index contributed by atoms with van der Waals surface area (Å²) in [6.45, 7) is 1.34. The number of guanidine groups is 1. The number of likely N-dealkylation sites (N-methyl/N-ethyl adjacent to an activating group) is 1. The van der Waals surface area contributed by atoms with Crippen molar-refractivity contribution in [1.82, 2.24) is 10.2 Å². The van der Waals surface area contributed by atoms with Crippen LogP contribution in [0.2, 0.25) is 0 Å². The highest BCUT2D eigenvalue weighted by Gasteiger charge is 2.11. The van der Waals surface area contributed by atoms with Crippen LogP contribution in [0, 0.1) is 5.41 Å². The smallest absolute Gasteiger partial charge is 0.192 e. The summed E-state index contributed by atoms with van der Waals surface area (Å²) in [7, 11) is 7.17. The van der Waals surface area contributed by atoms with Crippen LogP contribution in [0.4, 0.5) is 11.4 Å². The summed E-state index contributed by atoms with van der Waals surface area (Å²) in [4.78, 5) is 2.03. The number of benzene rings is 1. The Hall–Kier alpha value is -2.15. The zero-order valence-electron chi connectivity index (χ0n) is 12.4. The molecule has 1 aromatic rings. The van der Waals surface area contributed by atoms with Gasteiger partial charge in [0.25, 0.3) is 0 Å². The van der Waals surface area contributed by atoms with E-state index in [4.69, 9.17) is 20.6 Å². The van der Waals surface area contributed by atoms with Crippen molar-refractivity contribution in [3.8, 4) is 11.5 Å². The number of ether oxygens (including phenoxy) is 2. The minimum Gasteiger partial charge on any atom is -0.494 e. The Labute approximate surface area is 119 Å². The van der Waals surface area contributed by atoms with Crippen LogP contribution in [0.3, 0.4) is 0 Å². The fourth-order valence-corrected chi connectivity index (χ4v) is 1.50. The van der Waals surface area contributed by atoms with Gasteiger partial charge in [-0.25, -0.2) is 0 Å². The molecule has 7 nitrogen and oxygen atoms in total. The Morgan fingerprint density at radius 2 is 2.05 bits per heavy atom. The molecule has 1 rings (SSSR count). The molecule has 112 valence electrons. The lowest BCUT2D eigenvalue weighted by atomic mass is 10.2. The van der Waals surface area contributed by atoms with Crippen molar-refractivity contribution in [3.05, 3.63) is 12.1 Å². The molecule has 0 saturated heterocycles. The number of anilines is 2. The molecule has 0 aliphatic heterocycles. The van der Waals surface area contributed by atoms with Gasteiger partial charge in [-0.2, -0.15) is 0 Å². The number of methoxy groups -OCH3 is 1. The van der Waals surface area contributed by atoms with E-state index in [2.05, 4.69) is 10.6 Å². The van der Waals surface area contributed by atoms with Crippen LogP contribution in [0.5, 0.6) is 11.5 Å². The van der Waals surface area contributed by atoms with Gasteiger partial charge in [0.1, 0.15) is 18.1 Å². The Kier molecular flexibility index (Phi) is 5.92. The summed E-state index contributed by atoms with van der Waals surface area (Å²) in [5.74, 6) is 1.30. The summed E-state index contributed by atoms with van der Waals surface area (Å²) in [6.07, 6.45) is 0. The fraction of sp³-hybridized carbons (Fsp3) is 0.462. The molecule has 0 spiro atoms. The molecule has 0 fully saturated rings. The summed E-state index contributed by atoms with van der Waals surface area (Å²) in [5.41, 5.74) is 7.07. The number of hydrogen-bond donors (Lipinski definition) is 4. The van der Waals surface area contributed by atoms with Gasteiger partial charge in [-0.1, -0.05) is 0 Å². The molecule has 1 aromatic carbocycles. The molecule has 0 amide bonds. The first-order valence-electron chi connectivity index (χ1n) is 6.26. The van der Waals surface area contributed by atoms with E-state index in [1.807, 2.05) is 19.0 Å². The highest BCUT2D eigenvalue weighted by Crippen LogP contribution is 2.34. The molecule has 20 heavy (non-hydrogen) atoms. The molecular weight excluding hydrogens is 258 g/mol. The monoisotopic (exact) mass is 281 g/mol. The van der Waals surface area contributed by atoms with Gasteiger partial charge in [0.05, 0.1) is 18.5 Å². The highest BCUT2D eigenvalue weighted by atomic mass is 16.5. The van der Waals surface area contributed by atoms with Crippen LogP contribution < -0.4 is 25.8 Å². The van der Waals surface area contributed by atoms with Gasteiger partial charge in [-0.3, -0.25) is 5.41 Å². The number of nitrogens with zero attached hydrogens (tertiary/aromatic N) is 1. The Bertz CT molecular complexity index is 462. The van der Waals surface area contributed by atoms with Gasteiger partial charge >= 0.3 is 0 Å². The van der Waals surface area contributed by atoms with Crippen molar-refractivity contribution in [2.24, 2.45) is 0 Å². The SMILES string of the molecule is CNC(=N)Nc1cc(N)c(OCCN(C)C)cc1OC. The zero-order chi connectivity index (χ0) is 15.1. The first kappa shape index (κ1) is 15.9. The standard InChI is InChI=1S/C13H23N5O2/c1-16-13(15)17-10-7-9(14)11(8-12(10)19-4)20-6-5-18(2)3/h7-8H,5-6,14H2,1-4H3,(H3,15,16,17). The maximum Gasteiger partial charge on any atom is 0.192 e. The molecule has 5 N–H and O–H groups in total. The summed E-state index contributed by atoms with van der Waals surface area (Å²) < 4.78 is 10.9. The third kappa shape index (κ3) is 4.51. The zero-order valence-corrected chi connectivity index (χ0v) is 12.4. The maximum atomic E-state index is 7.57. The molecule has 0 aliphatic rings. The first-order valence-corrected chi connectivity index (χ1v) is 6.26. The molecule has 0 atom stereocenters. The van der Waals surface area contributed by atoms with E-state index in [1.54, 1.807) is 26.3 Å². The first-order chi connectivity index (χ1) is 9.47. The van der Waals surface area contributed by atoms with Crippen LogP contribution in [0.1, 0.15) is 0 Å². The number of rotatable bonds is 6. The van der Waals surface area contributed by atoms with E-state index >= 15 is 0 Å². The second-order valence-electron chi connectivity index (χ2n) is 4.49. The molecule has 0 aromatic heterocycles. The molecule has 0 aliphatic carbocycles. The highest BCUT2D eigenvalue weighted by molar-refractivity contribution is 5.93. The lowest BCUT2D eigenvalue weighted by Crippen LogP contribution is -2.25. The van der Waals surface area contributed by atoms with Crippen LogP contribution in [0.15, 0.2) is 12.1 Å². The molecule has 0 heterocycles. The van der Waals surface area contributed by atoms with E-state index < -0.39 is 0 Å². The molecule has 0 bridgehead atoms. The molecule has 0 unspecified atom stereocenters. The van der Waals surface area contributed by atoms with Crippen molar-refractivity contribution < 1.29 is 9.47 Å². The predicted octanol–water partition coefficient (Wildman–Crippen LogP) is 0.784. The maximum absolute atomic E-state index is 7.57. The lowest BCUT2D eigenvalue weighted by molar-refractivity contribution is 0.261. The number of nitrogens with two attached hydrogens (primary N) is 1. The quantitative estimate of drug-likeness (QED) is 0.350. The minimum atomic E-state index is 0.156. The third-order valence-electron chi connectivity index (χ3n) is 2.64. The summed E-state index contributed by atoms with van der Waals surface area (Å²) >= 11 is 0. The van der Waals surface area contributed by atoms with E-state index in [9.17, 15) is 0 Å². The van der Waals surface area contributed by atoms with Crippen LogP contribution in [0.25, 0.3) is 0 Å². The Morgan fingerprint density at radius 3 is 2.60 bits per heavy atom. The van der Waals surface area contributed by atoms with E-state index in [0.29, 0.717) is 29.5 Å². The van der Waals surface area contributed by atoms with E-state index in [-0.39, 0.29) is 5.96 Å². The normalized spacial score (nSPS) is 10.2. The van der Waals surface area contributed by atoms with Crippen LogP contribution in [-0.4, -0.2) is 52.3 Å². The molecule has 7 heteroatoms. The number of nitrogen functional groups attached to an aromatic ring is 1. The topological polar surface area (TPSA) is 95.6 Å². The van der Waals surface area contributed by atoms with Gasteiger partial charge in [0.2, 0.25) is 0 Å². The van der Waals surface area contributed by atoms with Crippen LogP contribution in [-0.2, 0) is 0 Å². The van der Waals surface area contributed by atoms with Crippen LogP contribution >= 0.6 is 0 Å². The second-order valence-corrected chi connectivity index (χ2v) is 4.49. The predicted molar refractivity (Wildman–Crippen MR) is 81.9 cm³/mol. The van der Waals surface area contributed by atoms with Gasteiger partial charge in [0, 0.05) is 19.7 Å². The Balaban J connectivity index is 2.86. The third-order valence-corrected chi connectivity index (χ3v) is 2.64. The van der Waals surface area contributed by atoms with Gasteiger partial charge in [-0.15, -0.1) is 0 Å². The average Bonchev–Trinajstić information content (AvgIpc) is 2.40. The largest absolute Gasteiger partial charge is 0.494 e. The Morgan fingerprint density at radius 1 is 1.35 bits per heavy atom. The summed E-state index contributed by atoms with van der Waals surface area (Å²) in [6, 6.07) is 3.41. The van der Waals surface area contributed by atoms with Crippen molar-refractivity contribution in [3.63, 3.8) is 0 Å². The number of nitrogens with one attached hydrogen (secondary N) is 3. The van der Waals surface area contributed by atoms with Gasteiger partial charge < -0.3 is 30.7 Å². The van der Waals surface area contributed by atoms with Gasteiger partial charge in [-0.05, 0) is 20.2 Å². The average molecular weight is 281 g/mol. The lowest BCUT2D eigenvalue weighted by Gasteiger charge is -2.16. The van der Waals surface area contributed by atoms with Crippen molar-refractivity contribution in [2.75, 3.05) is 52.5 Å². The molecule has 0 saturated carbocycles. The van der Waals surface area contributed by atoms with Crippen molar-refractivity contribution >= 4 is 17.3 Å².